The average Bonchev–Trinajstić information content (AvgIpc) is 1.77. The lowest BCUT2D eigenvalue weighted by Gasteiger charge is -2.23. The quantitative estimate of drug-likeness (QED) is 0.500. The van der Waals surface area contributed by atoms with E-state index >= 15 is 0 Å². The first-order valence-electron chi connectivity index (χ1n) is 3.00. The van der Waals surface area contributed by atoms with E-state index in [-0.39, 0.29) is 0 Å². The fourth-order valence-electron chi connectivity index (χ4n) is 0.520. The zero-order chi connectivity index (χ0) is 10.9. The van der Waals surface area contributed by atoms with Gasteiger partial charge in [-0.25, -0.2) is 0 Å². The molecule has 0 N–H and O–H groups in total. The molecule has 0 bridgehead atoms. The van der Waals surface area contributed by atoms with E-state index in [1.165, 1.54) is 0 Å². The molecule has 0 rings (SSSR count). The summed E-state index contributed by atoms with van der Waals surface area (Å²) >= 11 is 0. The van der Waals surface area contributed by atoms with E-state index < -0.39 is 24.2 Å². The van der Waals surface area contributed by atoms with Crippen LogP contribution in [-0.4, -0.2) is 18.5 Å². The third-order valence-corrected chi connectivity index (χ3v) is 0.914. The maximum absolute atomic E-state index is 11.7. The second-order valence-electron chi connectivity index (χ2n) is 2.28. The van der Waals surface area contributed by atoms with Crippen molar-refractivity contribution in [2.75, 3.05) is 0 Å². The van der Waals surface area contributed by atoms with Crippen molar-refractivity contribution in [3.63, 3.8) is 0 Å². The summed E-state index contributed by atoms with van der Waals surface area (Å²) in [5.74, 6) is -0.639. The summed E-state index contributed by atoms with van der Waals surface area (Å²) in [5, 5.41) is 0. The SMILES string of the molecule is C=C(C)OC(C(F)(F)F)C(F)(F)F. The molecule has 0 aliphatic heterocycles. The number of allylic oxidation sites excluding steroid dienone is 1. The van der Waals surface area contributed by atoms with Crippen molar-refractivity contribution in [3.05, 3.63) is 12.3 Å². The van der Waals surface area contributed by atoms with Gasteiger partial charge in [-0.15, -0.1) is 0 Å². The van der Waals surface area contributed by atoms with Crippen LogP contribution < -0.4 is 0 Å². The van der Waals surface area contributed by atoms with Gasteiger partial charge in [-0.2, -0.15) is 26.3 Å². The van der Waals surface area contributed by atoms with Gasteiger partial charge in [0.05, 0.1) is 5.76 Å². The van der Waals surface area contributed by atoms with Crippen LogP contribution >= 0.6 is 0 Å². The first-order chi connectivity index (χ1) is 5.55. The highest BCUT2D eigenvalue weighted by atomic mass is 19.4. The Bertz CT molecular complexity index is 176. The molecule has 0 saturated heterocycles. The topological polar surface area (TPSA) is 9.23 Å². The lowest BCUT2D eigenvalue weighted by atomic mass is 10.3. The molecular weight excluding hydrogens is 202 g/mol. The normalized spacial score (nSPS) is 13.2. The fourth-order valence-corrected chi connectivity index (χ4v) is 0.520. The molecule has 0 unspecified atom stereocenters. The monoisotopic (exact) mass is 208 g/mol. The highest BCUT2D eigenvalue weighted by molar-refractivity contribution is 4.84. The summed E-state index contributed by atoms with van der Waals surface area (Å²) in [5.41, 5.74) is 0. The van der Waals surface area contributed by atoms with E-state index in [9.17, 15) is 26.3 Å². The maximum atomic E-state index is 11.7. The van der Waals surface area contributed by atoms with Crippen molar-refractivity contribution in [1.82, 2.24) is 0 Å². The molecule has 0 spiro atoms. The average molecular weight is 208 g/mol. The van der Waals surface area contributed by atoms with Crippen molar-refractivity contribution in [3.8, 4) is 0 Å². The highest BCUT2D eigenvalue weighted by Gasteiger charge is 2.59. The molecule has 0 aromatic heterocycles. The van der Waals surface area contributed by atoms with Crippen LogP contribution in [0.2, 0.25) is 0 Å². The summed E-state index contributed by atoms with van der Waals surface area (Å²) < 4.78 is 73.7. The minimum atomic E-state index is -5.48. The molecule has 1 nitrogen and oxygen atoms in total. The maximum Gasteiger partial charge on any atom is 0.434 e. The van der Waals surface area contributed by atoms with Gasteiger partial charge in [0.15, 0.2) is 0 Å². The third-order valence-electron chi connectivity index (χ3n) is 0.914. The summed E-state index contributed by atoms with van der Waals surface area (Å²) in [6, 6.07) is 0. The standard InChI is InChI=1S/C6H6F6O/c1-3(2)13-4(5(7,8)9)6(10,11)12/h4H,1H2,2H3. The minimum Gasteiger partial charge on any atom is -0.477 e. The van der Waals surface area contributed by atoms with Gasteiger partial charge in [0.25, 0.3) is 6.10 Å². The van der Waals surface area contributed by atoms with Crippen molar-refractivity contribution >= 4 is 0 Å². The van der Waals surface area contributed by atoms with Gasteiger partial charge in [-0.3, -0.25) is 0 Å². The lowest BCUT2D eigenvalue weighted by molar-refractivity contribution is -0.312. The predicted octanol–water partition coefficient (Wildman–Crippen LogP) is 3.03. The number of halogens is 6. The summed E-state index contributed by atoms with van der Waals surface area (Å²) in [6.07, 6.45) is -14.7. The predicted molar refractivity (Wildman–Crippen MR) is 31.8 cm³/mol. The summed E-state index contributed by atoms with van der Waals surface area (Å²) in [4.78, 5) is 0. The van der Waals surface area contributed by atoms with E-state index in [0.29, 0.717) is 0 Å². The van der Waals surface area contributed by atoms with E-state index in [1.54, 1.807) is 0 Å². The van der Waals surface area contributed by atoms with Gasteiger partial charge in [-0.1, -0.05) is 6.58 Å². The first-order valence-corrected chi connectivity index (χ1v) is 3.00. The Morgan fingerprint density at radius 2 is 1.38 bits per heavy atom. The number of alkyl halides is 6. The van der Waals surface area contributed by atoms with Crippen LogP contribution in [0.5, 0.6) is 0 Å². The molecule has 0 aliphatic rings. The Hall–Kier alpha value is -0.880. The molecule has 0 atom stereocenters. The molecule has 0 aromatic carbocycles. The molecule has 0 heterocycles. The Kier molecular flexibility index (Phi) is 3.23. The molecule has 7 heteroatoms. The van der Waals surface area contributed by atoms with Crippen LogP contribution in [0.4, 0.5) is 26.3 Å². The zero-order valence-electron chi connectivity index (χ0n) is 6.46. The molecule has 0 saturated carbocycles. The van der Waals surface area contributed by atoms with Crippen LogP contribution in [0.3, 0.4) is 0 Å². The number of ether oxygens (including phenoxy) is 1. The van der Waals surface area contributed by atoms with Gasteiger partial charge in [0.2, 0.25) is 0 Å². The van der Waals surface area contributed by atoms with Crippen molar-refractivity contribution < 1.29 is 31.1 Å². The van der Waals surface area contributed by atoms with Crippen LogP contribution in [0, 0.1) is 0 Å². The van der Waals surface area contributed by atoms with Crippen LogP contribution in [0.25, 0.3) is 0 Å². The van der Waals surface area contributed by atoms with Crippen molar-refractivity contribution in [2.45, 2.75) is 25.4 Å². The summed E-state index contributed by atoms with van der Waals surface area (Å²) in [7, 11) is 0. The zero-order valence-corrected chi connectivity index (χ0v) is 6.46. The number of hydrogen-bond donors (Lipinski definition) is 0. The van der Waals surface area contributed by atoms with E-state index in [2.05, 4.69) is 11.3 Å². The van der Waals surface area contributed by atoms with Crippen molar-refractivity contribution in [1.29, 1.82) is 0 Å². The summed E-state index contributed by atoms with van der Waals surface area (Å²) in [6.45, 7) is 3.71. The highest BCUT2D eigenvalue weighted by Crippen LogP contribution is 2.36. The molecule has 0 aromatic rings. The second-order valence-corrected chi connectivity index (χ2v) is 2.28. The Labute approximate surface area is 70.0 Å². The van der Waals surface area contributed by atoms with Crippen LogP contribution in [0.1, 0.15) is 6.92 Å². The van der Waals surface area contributed by atoms with E-state index in [0.717, 1.165) is 6.92 Å². The first kappa shape index (κ1) is 12.1. The smallest absolute Gasteiger partial charge is 0.434 e. The van der Waals surface area contributed by atoms with Gasteiger partial charge >= 0.3 is 12.4 Å². The van der Waals surface area contributed by atoms with Gasteiger partial charge in [0, 0.05) is 0 Å². The third kappa shape index (κ3) is 4.05. The molecule has 0 radical (unpaired) electrons. The number of rotatable bonds is 2. The molecule has 13 heavy (non-hydrogen) atoms. The fraction of sp³-hybridized carbons (Fsp3) is 0.667. The van der Waals surface area contributed by atoms with Crippen LogP contribution in [-0.2, 0) is 4.74 Å². The lowest BCUT2D eigenvalue weighted by Crippen LogP contribution is -2.43. The van der Waals surface area contributed by atoms with E-state index in [4.69, 9.17) is 0 Å². The Morgan fingerprint density at radius 3 is 1.46 bits per heavy atom. The minimum absolute atomic E-state index is 0.639. The van der Waals surface area contributed by atoms with Gasteiger partial charge in [0.1, 0.15) is 0 Å². The van der Waals surface area contributed by atoms with Crippen molar-refractivity contribution in [2.24, 2.45) is 0 Å². The molecular formula is C6H6F6O. The molecule has 0 aliphatic carbocycles. The van der Waals surface area contributed by atoms with Crippen LogP contribution in [0.15, 0.2) is 12.3 Å². The Balaban J connectivity index is 4.68. The molecule has 0 fully saturated rings. The second kappa shape index (κ2) is 3.47. The molecule has 78 valence electrons. The van der Waals surface area contributed by atoms with Gasteiger partial charge in [-0.05, 0) is 6.92 Å². The Morgan fingerprint density at radius 1 is 1.08 bits per heavy atom. The molecule has 0 amide bonds. The van der Waals surface area contributed by atoms with E-state index in [1.807, 2.05) is 0 Å². The largest absolute Gasteiger partial charge is 0.477 e. The number of hydrogen-bond acceptors (Lipinski definition) is 1. The van der Waals surface area contributed by atoms with Gasteiger partial charge < -0.3 is 4.74 Å².